The largest absolute Gasteiger partial charge is 0.472 e. The van der Waals surface area contributed by atoms with Gasteiger partial charge in [-0.3, -0.25) is 9.69 Å². The van der Waals surface area contributed by atoms with Crippen molar-refractivity contribution in [3.8, 4) is 5.75 Å². The van der Waals surface area contributed by atoms with E-state index in [4.69, 9.17) is 9.47 Å². The van der Waals surface area contributed by atoms with Crippen LogP contribution in [0.4, 0.5) is 0 Å². The summed E-state index contributed by atoms with van der Waals surface area (Å²) < 4.78 is 12.1. The van der Waals surface area contributed by atoms with E-state index in [1.165, 1.54) is 0 Å². The molecule has 1 aromatic rings. The van der Waals surface area contributed by atoms with Crippen molar-refractivity contribution >= 4 is 21.8 Å². The molecule has 2 heterocycles. The summed E-state index contributed by atoms with van der Waals surface area (Å²) in [4.78, 5) is 14.3. The fourth-order valence-electron chi connectivity index (χ4n) is 2.80. The summed E-state index contributed by atoms with van der Waals surface area (Å²) in [5, 5.41) is 10.1. The molecule has 2 aliphatic rings. The molecule has 2 unspecified atom stereocenters. The fraction of sp³-hybridized carbons (Fsp3) is 0.533. The van der Waals surface area contributed by atoms with Gasteiger partial charge < -0.3 is 14.6 Å². The van der Waals surface area contributed by atoms with Crippen LogP contribution in [0.15, 0.2) is 10.5 Å². The zero-order valence-corrected chi connectivity index (χ0v) is 13.6. The molecule has 0 aliphatic carbocycles. The van der Waals surface area contributed by atoms with Crippen LogP contribution in [0.5, 0.6) is 5.75 Å². The van der Waals surface area contributed by atoms with Crippen LogP contribution in [0.2, 0.25) is 0 Å². The molecule has 0 spiro atoms. The number of hydrogen-bond acceptors (Lipinski definition) is 4. The van der Waals surface area contributed by atoms with Crippen molar-refractivity contribution < 1.29 is 19.4 Å². The molecule has 2 aliphatic heterocycles. The second-order valence-corrected chi connectivity index (χ2v) is 6.39. The molecule has 1 saturated heterocycles. The Bertz CT molecular complexity index is 590. The van der Waals surface area contributed by atoms with Gasteiger partial charge in [-0.2, -0.15) is 0 Å². The van der Waals surface area contributed by atoms with E-state index < -0.39 is 6.10 Å². The number of carbonyl (C=O) groups is 1. The first-order chi connectivity index (χ1) is 10.0. The number of aliphatic hydroxyl groups is 1. The van der Waals surface area contributed by atoms with Gasteiger partial charge in [-0.1, -0.05) is 15.9 Å². The molecule has 0 aromatic heterocycles. The highest BCUT2D eigenvalue weighted by molar-refractivity contribution is 9.10. The highest BCUT2D eigenvalue weighted by atomic mass is 79.9. The van der Waals surface area contributed by atoms with E-state index in [9.17, 15) is 9.90 Å². The van der Waals surface area contributed by atoms with Crippen molar-refractivity contribution in [2.45, 2.75) is 32.4 Å². The quantitative estimate of drug-likeness (QED) is 0.836. The standard InChI is InChI=1S/C15H18BrNO4/c1-8-9(2)14-10(5-11(8)16)15(19)17(7-21-14)12-6-20-4-3-13(12)18/h5,12-13,18H,3-4,6-7H2,1-2H3. The number of benzene rings is 1. The summed E-state index contributed by atoms with van der Waals surface area (Å²) >= 11 is 3.48. The summed E-state index contributed by atoms with van der Waals surface area (Å²) in [5.41, 5.74) is 2.57. The molecule has 114 valence electrons. The minimum atomic E-state index is -0.567. The molecule has 0 saturated carbocycles. The van der Waals surface area contributed by atoms with Crippen LogP contribution < -0.4 is 4.74 Å². The van der Waals surface area contributed by atoms with Gasteiger partial charge in [0, 0.05) is 11.1 Å². The Hall–Kier alpha value is -1.11. The molecule has 5 nitrogen and oxygen atoms in total. The zero-order chi connectivity index (χ0) is 15.1. The average Bonchev–Trinajstić information content (AvgIpc) is 2.47. The first-order valence-electron chi connectivity index (χ1n) is 7.00. The number of nitrogens with zero attached hydrogens (tertiary/aromatic N) is 1. The van der Waals surface area contributed by atoms with Gasteiger partial charge in [0.05, 0.1) is 24.3 Å². The number of rotatable bonds is 1. The normalized spacial score (nSPS) is 25.5. The van der Waals surface area contributed by atoms with E-state index in [1.807, 2.05) is 13.8 Å². The number of carbonyl (C=O) groups excluding carboxylic acids is 1. The van der Waals surface area contributed by atoms with E-state index in [2.05, 4.69) is 15.9 Å². The second kappa shape index (κ2) is 5.59. The number of fused-ring (bicyclic) bond motifs is 1. The van der Waals surface area contributed by atoms with Crippen LogP contribution in [0.3, 0.4) is 0 Å². The minimum Gasteiger partial charge on any atom is -0.472 e. The Balaban J connectivity index is 1.95. The lowest BCUT2D eigenvalue weighted by Gasteiger charge is -2.39. The van der Waals surface area contributed by atoms with E-state index in [-0.39, 0.29) is 18.7 Å². The number of ether oxygens (including phenoxy) is 2. The minimum absolute atomic E-state index is 0.116. The van der Waals surface area contributed by atoms with Crippen molar-refractivity contribution in [2.24, 2.45) is 0 Å². The molecule has 0 radical (unpaired) electrons. The molecule has 1 aromatic carbocycles. The maximum absolute atomic E-state index is 12.7. The molecule has 6 heteroatoms. The van der Waals surface area contributed by atoms with Gasteiger partial charge in [-0.25, -0.2) is 0 Å². The Morgan fingerprint density at radius 2 is 2.14 bits per heavy atom. The molecule has 0 bridgehead atoms. The predicted octanol–water partition coefficient (Wildman–Crippen LogP) is 2.01. The van der Waals surface area contributed by atoms with Crippen LogP contribution in [0, 0.1) is 13.8 Å². The van der Waals surface area contributed by atoms with Crippen molar-refractivity contribution in [1.29, 1.82) is 0 Å². The smallest absolute Gasteiger partial charge is 0.260 e. The second-order valence-electron chi connectivity index (χ2n) is 5.53. The maximum atomic E-state index is 12.7. The number of halogens is 1. The summed E-state index contributed by atoms with van der Waals surface area (Å²) in [6.07, 6.45) is -0.0272. The van der Waals surface area contributed by atoms with Crippen LogP contribution in [0.1, 0.15) is 27.9 Å². The van der Waals surface area contributed by atoms with E-state index >= 15 is 0 Å². The number of amides is 1. The lowest BCUT2D eigenvalue weighted by atomic mass is 10.00. The average molecular weight is 356 g/mol. The van der Waals surface area contributed by atoms with Crippen LogP contribution >= 0.6 is 15.9 Å². The Morgan fingerprint density at radius 3 is 2.86 bits per heavy atom. The lowest BCUT2D eigenvalue weighted by Crippen LogP contribution is -2.55. The first kappa shape index (κ1) is 14.8. The van der Waals surface area contributed by atoms with E-state index in [0.717, 1.165) is 15.6 Å². The van der Waals surface area contributed by atoms with Crippen molar-refractivity contribution in [2.75, 3.05) is 19.9 Å². The molecular formula is C15H18BrNO4. The van der Waals surface area contributed by atoms with E-state index in [0.29, 0.717) is 30.9 Å². The monoisotopic (exact) mass is 355 g/mol. The Morgan fingerprint density at radius 1 is 1.38 bits per heavy atom. The van der Waals surface area contributed by atoms with Gasteiger partial charge >= 0.3 is 0 Å². The number of aliphatic hydroxyl groups excluding tert-OH is 1. The molecule has 3 rings (SSSR count). The number of hydrogen-bond donors (Lipinski definition) is 1. The highest BCUT2D eigenvalue weighted by Crippen LogP contribution is 2.36. The highest BCUT2D eigenvalue weighted by Gasteiger charge is 2.37. The van der Waals surface area contributed by atoms with Gasteiger partial charge in [0.25, 0.3) is 5.91 Å². The molecule has 1 fully saturated rings. The molecule has 1 amide bonds. The molecular weight excluding hydrogens is 338 g/mol. The third kappa shape index (κ3) is 2.45. The third-order valence-electron chi connectivity index (χ3n) is 4.31. The summed E-state index contributed by atoms with van der Waals surface area (Å²) in [6, 6.07) is 1.45. The lowest BCUT2D eigenvalue weighted by molar-refractivity contribution is -0.0697. The van der Waals surface area contributed by atoms with Gasteiger partial charge in [0.15, 0.2) is 6.73 Å². The Kier molecular flexibility index (Phi) is 3.94. The van der Waals surface area contributed by atoms with Gasteiger partial charge in [0.2, 0.25) is 0 Å². The van der Waals surface area contributed by atoms with Crippen molar-refractivity contribution in [3.05, 3.63) is 27.2 Å². The van der Waals surface area contributed by atoms with Crippen LogP contribution in [0.25, 0.3) is 0 Å². The van der Waals surface area contributed by atoms with E-state index in [1.54, 1.807) is 11.0 Å². The van der Waals surface area contributed by atoms with Gasteiger partial charge in [-0.15, -0.1) is 0 Å². The van der Waals surface area contributed by atoms with Crippen molar-refractivity contribution in [3.63, 3.8) is 0 Å². The first-order valence-corrected chi connectivity index (χ1v) is 7.79. The Labute approximate surface area is 132 Å². The fourth-order valence-corrected chi connectivity index (χ4v) is 3.33. The van der Waals surface area contributed by atoms with Crippen LogP contribution in [-0.2, 0) is 4.74 Å². The SMILES string of the molecule is Cc1c(Br)cc2c(c1C)OCN(C1COCCC1O)C2=O. The third-order valence-corrected chi connectivity index (χ3v) is 5.13. The zero-order valence-electron chi connectivity index (χ0n) is 12.1. The molecule has 1 N–H and O–H groups in total. The molecule has 21 heavy (non-hydrogen) atoms. The van der Waals surface area contributed by atoms with Crippen molar-refractivity contribution in [1.82, 2.24) is 4.90 Å². The predicted molar refractivity (Wildman–Crippen MR) is 80.5 cm³/mol. The van der Waals surface area contributed by atoms with Gasteiger partial charge in [-0.05, 0) is 37.5 Å². The summed E-state index contributed by atoms with van der Waals surface area (Å²) in [7, 11) is 0. The molecule has 2 atom stereocenters. The summed E-state index contributed by atoms with van der Waals surface area (Å²) in [6.45, 7) is 4.95. The topological polar surface area (TPSA) is 59.0 Å². The van der Waals surface area contributed by atoms with Crippen LogP contribution in [-0.4, -0.2) is 48.0 Å². The maximum Gasteiger partial charge on any atom is 0.260 e. The van der Waals surface area contributed by atoms with Gasteiger partial charge in [0.1, 0.15) is 5.75 Å². The summed E-state index contributed by atoms with van der Waals surface area (Å²) in [5.74, 6) is 0.526.